The minimum absolute atomic E-state index is 0.597. The van der Waals surface area contributed by atoms with Gasteiger partial charge in [0.25, 0.3) is 0 Å². The fourth-order valence-corrected chi connectivity index (χ4v) is 1.12. The molecule has 1 fully saturated rings. The largest absolute Gasteiger partial charge is 0.381 e. The number of rotatable bonds is 1. The number of hydrogen-bond acceptors (Lipinski definition) is 2. The molecule has 0 aromatic carbocycles. The summed E-state index contributed by atoms with van der Waals surface area (Å²) in [7, 11) is 5.55. The van der Waals surface area contributed by atoms with E-state index >= 15 is 0 Å². The summed E-state index contributed by atoms with van der Waals surface area (Å²) >= 11 is 0. The van der Waals surface area contributed by atoms with E-state index in [2.05, 4.69) is 5.32 Å². The summed E-state index contributed by atoms with van der Waals surface area (Å²) in [6.45, 7) is 0. The molecule has 0 heterocycles. The van der Waals surface area contributed by atoms with E-state index in [1.807, 2.05) is 14.1 Å². The van der Waals surface area contributed by atoms with Gasteiger partial charge in [0.15, 0.2) is 0 Å². The van der Waals surface area contributed by atoms with Gasteiger partial charge in [-0.2, -0.15) is 0 Å². The number of hydrogen-bond donors (Lipinski definition) is 1. The lowest BCUT2D eigenvalue weighted by atomic mass is 10.3. The van der Waals surface area contributed by atoms with Crippen molar-refractivity contribution in [1.82, 2.24) is 5.32 Å². The first-order valence-corrected chi connectivity index (χ1v) is 3.96. The number of methoxy groups -OCH3 is 1. The molecule has 1 saturated carbocycles. The molecule has 2 nitrogen and oxygen atoms in total. The molecule has 1 N–H and O–H groups in total. The lowest BCUT2D eigenvalue weighted by molar-refractivity contribution is 0.109. The van der Waals surface area contributed by atoms with Crippen LogP contribution in [0.1, 0.15) is 25.7 Å². The van der Waals surface area contributed by atoms with Crippen LogP contribution in [-0.4, -0.2) is 27.3 Å². The molecular weight excluding hydrogens is 126 g/mol. The van der Waals surface area contributed by atoms with Gasteiger partial charge < -0.3 is 10.1 Å². The highest BCUT2D eigenvalue weighted by Gasteiger charge is 2.12. The first-order valence-electron chi connectivity index (χ1n) is 3.96. The minimum atomic E-state index is 0.597. The number of ether oxygens (including phenoxy) is 1. The third-order valence-corrected chi connectivity index (χ3v) is 1.64. The Morgan fingerprint density at radius 3 is 1.80 bits per heavy atom. The van der Waals surface area contributed by atoms with Gasteiger partial charge in [-0.15, -0.1) is 0 Å². The summed E-state index contributed by atoms with van der Waals surface area (Å²) in [4.78, 5) is 0. The molecule has 0 unspecified atom stereocenters. The van der Waals surface area contributed by atoms with Crippen LogP contribution in [-0.2, 0) is 4.74 Å². The van der Waals surface area contributed by atoms with Gasteiger partial charge in [0, 0.05) is 7.11 Å². The van der Waals surface area contributed by atoms with Crippen molar-refractivity contribution in [1.29, 1.82) is 0 Å². The number of nitrogens with one attached hydrogen (secondary N) is 1. The van der Waals surface area contributed by atoms with Gasteiger partial charge in [-0.25, -0.2) is 0 Å². The quantitative estimate of drug-likeness (QED) is 0.602. The predicted molar refractivity (Wildman–Crippen MR) is 44.2 cm³/mol. The summed E-state index contributed by atoms with van der Waals surface area (Å²) in [6.07, 6.45) is 5.92. The van der Waals surface area contributed by atoms with Gasteiger partial charge in [0.05, 0.1) is 6.10 Å². The van der Waals surface area contributed by atoms with Crippen molar-refractivity contribution in [2.24, 2.45) is 0 Å². The Labute approximate surface area is 64.0 Å². The minimum Gasteiger partial charge on any atom is -0.381 e. The van der Waals surface area contributed by atoms with E-state index in [0.29, 0.717) is 6.10 Å². The summed E-state index contributed by atoms with van der Waals surface area (Å²) in [5, 5.41) is 2.75. The van der Waals surface area contributed by atoms with Crippen molar-refractivity contribution in [3.8, 4) is 0 Å². The molecule has 10 heavy (non-hydrogen) atoms. The monoisotopic (exact) mass is 145 g/mol. The summed E-state index contributed by atoms with van der Waals surface area (Å²) < 4.78 is 5.11. The second kappa shape index (κ2) is 7.03. The van der Waals surface area contributed by atoms with Gasteiger partial charge in [0.2, 0.25) is 0 Å². The Morgan fingerprint density at radius 1 is 1.20 bits per heavy atom. The molecule has 0 radical (unpaired) electrons. The smallest absolute Gasteiger partial charge is 0.0571 e. The highest BCUT2D eigenvalue weighted by Crippen LogP contribution is 2.19. The molecule has 0 aromatic rings. The molecule has 0 saturated heterocycles. The molecule has 0 amide bonds. The van der Waals surface area contributed by atoms with E-state index in [-0.39, 0.29) is 0 Å². The van der Waals surface area contributed by atoms with Crippen molar-refractivity contribution in [3.63, 3.8) is 0 Å². The SMILES string of the molecule is CNC.COC1CCCC1. The molecule has 2 heteroatoms. The van der Waals surface area contributed by atoms with E-state index in [0.717, 1.165) is 0 Å². The molecule has 0 aromatic heterocycles. The summed E-state index contributed by atoms with van der Waals surface area (Å²) in [5.41, 5.74) is 0. The van der Waals surface area contributed by atoms with Gasteiger partial charge >= 0.3 is 0 Å². The maximum Gasteiger partial charge on any atom is 0.0571 e. The average Bonchev–Trinajstić information content (AvgIpc) is 2.39. The molecule has 1 aliphatic carbocycles. The van der Waals surface area contributed by atoms with Crippen LogP contribution in [0.15, 0.2) is 0 Å². The molecule has 0 aliphatic heterocycles. The lowest BCUT2D eigenvalue weighted by Crippen LogP contribution is -2.01. The third-order valence-electron chi connectivity index (χ3n) is 1.64. The van der Waals surface area contributed by atoms with Crippen molar-refractivity contribution >= 4 is 0 Å². The van der Waals surface area contributed by atoms with E-state index in [1.54, 1.807) is 7.11 Å². The molecular formula is C8H19NO. The van der Waals surface area contributed by atoms with Crippen LogP contribution in [0.3, 0.4) is 0 Å². The highest BCUT2D eigenvalue weighted by atomic mass is 16.5. The molecule has 0 spiro atoms. The first kappa shape index (κ1) is 9.92. The van der Waals surface area contributed by atoms with Crippen LogP contribution in [0, 0.1) is 0 Å². The van der Waals surface area contributed by atoms with Crippen LogP contribution in [0.25, 0.3) is 0 Å². The van der Waals surface area contributed by atoms with Crippen molar-refractivity contribution < 1.29 is 4.74 Å². The fourth-order valence-electron chi connectivity index (χ4n) is 1.12. The Kier molecular flexibility index (Phi) is 6.98. The molecule has 62 valence electrons. The molecule has 1 aliphatic rings. The Balaban J connectivity index is 0.000000236. The molecule has 0 atom stereocenters. The first-order chi connectivity index (χ1) is 4.85. The standard InChI is InChI=1S/C6H12O.C2H7N/c1-7-6-4-2-3-5-6;1-3-2/h6H,2-5H2,1H3;3H,1-2H3. The lowest BCUT2D eigenvalue weighted by Gasteiger charge is -2.02. The summed E-state index contributed by atoms with van der Waals surface area (Å²) in [6, 6.07) is 0. The Morgan fingerprint density at radius 2 is 1.60 bits per heavy atom. The Bertz CT molecular complexity index is 60.3. The predicted octanol–water partition coefficient (Wildman–Crippen LogP) is 1.41. The van der Waals surface area contributed by atoms with E-state index in [1.165, 1.54) is 25.7 Å². The van der Waals surface area contributed by atoms with Crippen molar-refractivity contribution in [3.05, 3.63) is 0 Å². The van der Waals surface area contributed by atoms with Crippen molar-refractivity contribution in [2.75, 3.05) is 21.2 Å². The average molecular weight is 145 g/mol. The van der Waals surface area contributed by atoms with Gasteiger partial charge in [-0.05, 0) is 26.9 Å². The maximum atomic E-state index is 5.11. The Hall–Kier alpha value is -0.0800. The summed E-state index contributed by atoms with van der Waals surface area (Å²) in [5.74, 6) is 0. The topological polar surface area (TPSA) is 21.3 Å². The zero-order valence-corrected chi connectivity index (χ0v) is 7.31. The second-order valence-corrected chi connectivity index (χ2v) is 2.64. The maximum absolute atomic E-state index is 5.11. The zero-order chi connectivity index (χ0) is 7.82. The molecule has 0 bridgehead atoms. The van der Waals surface area contributed by atoms with Gasteiger partial charge in [-0.1, -0.05) is 12.8 Å². The second-order valence-electron chi connectivity index (χ2n) is 2.64. The normalized spacial score (nSPS) is 18.3. The van der Waals surface area contributed by atoms with E-state index in [4.69, 9.17) is 4.74 Å². The van der Waals surface area contributed by atoms with Crippen LogP contribution < -0.4 is 5.32 Å². The highest BCUT2D eigenvalue weighted by molar-refractivity contribution is 4.65. The third kappa shape index (κ3) is 4.77. The van der Waals surface area contributed by atoms with Crippen molar-refractivity contribution in [2.45, 2.75) is 31.8 Å². The van der Waals surface area contributed by atoms with Gasteiger partial charge in [-0.3, -0.25) is 0 Å². The van der Waals surface area contributed by atoms with E-state index < -0.39 is 0 Å². The van der Waals surface area contributed by atoms with Crippen LogP contribution in [0.5, 0.6) is 0 Å². The fraction of sp³-hybridized carbons (Fsp3) is 1.00. The van der Waals surface area contributed by atoms with Crippen LogP contribution >= 0.6 is 0 Å². The molecule has 1 rings (SSSR count). The van der Waals surface area contributed by atoms with Crippen LogP contribution in [0.2, 0.25) is 0 Å². The van der Waals surface area contributed by atoms with Gasteiger partial charge in [0.1, 0.15) is 0 Å². The van der Waals surface area contributed by atoms with E-state index in [9.17, 15) is 0 Å². The van der Waals surface area contributed by atoms with Crippen LogP contribution in [0.4, 0.5) is 0 Å². The zero-order valence-electron chi connectivity index (χ0n) is 7.31.